The number of nitrogens with zero attached hydrogens (tertiary/aromatic N) is 2. The summed E-state index contributed by atoms with van der Waals surface area (Å²) in [6, 6.07) is 3.61. The van der Waals surface area contributed by atoms with Crippen molar-refractivity contribution in [3.05, 3.63) is 29.0 Å². The number of carbonyl (C=O) groups excluding carboxylic acids is 2. The minimum absolute atomic E-state index is 0.0287. The van der Waals surface area contributed by atoms with Gasteiger partial charge in [0, 0.05) is 11.9 Å². The molecule has 0 saturated heterocycles. The van der Waals surface area contributed by atoms with Gasteiger partial charge in [0.1, 0.15) is 12.1 Å². The van der Waals surface area contributed by atoms with Crippen LogP contribution in [0.2, 0.25) is 5.02 Å². The summed E-state index contributed by atoms with van der Waals surface area (Å²) in [7, 11) is 0. The van der Waals surface area contributed by atoms with E-state index < -0.39 is 5.60 Å². The maximum Gasteiger partial charge on any atom is 0.326 e. The first-order chi connectivity index (χ1) is 11.7. The number of carbonyl (C=O) groups is 2. The van der Waals surface area contributed by atoms with E-state index in [0.29, 0.717) is 23.6 Å². The summed E-state index contributed by atoms with van der Waals surface area (Å²) < 4.78 is 12.2. The number of aromatic nitrogens is 2. The topological polar surface area (TPSA) is 70.4 Å². The minimum Gasteiger partial charge on any atom is -0.466 e. The van der Waals surface area contributed by atoms with Crippen molar-refractivity contribution in [2.75, 3.05) is 6.61 Å². The molecule has 25 heavy (non-hydrogen) atoms. The smallest absolute Gasteiger partial charge is 0.326 e. The van der Waals surface area contributed by atoms with Gasteiger partial charge in [0.05, 0.1) is 29.1 Å². The number of pyridine rings is 1. The van der Waals surface area contributed by atoms with E-state index in [1.165, 1.54) is 0 Å². The van der Waals surface area contributed by atoms with E-state index in [9.17, 15) is 9.59 Å². The van der Waals surface area contributed by atoms with E-state index in [2.05, 4.69) is 4.98 Å². The molecular weight excluding hydrogens is 344 g/mol. The normalized spacial score (nSPS) is 11.6. The van der Waals surface area contributed by atoms with Crippen molar-refractivity contribution in [2.45, 2.75) is 52.7 Å². The fourth-order valence-electron chi connectivity index (χ4n) is 2.52. The molecule has 0 saturated carbocycles. The molecule has 6 nitrogen and oxygen atoms in total. The van der Waals surface area contributed by atoms with Crippen molar-refractivity contribution in [2.24, 2.45) is 0 Å². The lowest BCUT2D eigenvalue weighted by Gasteiger charge is -2.20. The fraction of sp³-hybridized carbons (Fsp3) is 0.500. The van der Waals surface area contributed by atoms with Crippen LogP contribution in [0, 0.1) is 0 Å². The van der Waals surface area contributed by atoms with E-state index >= 15 is 0 Å². The highest BCUT2D eigenvalue weighted by Gasteiger charge is 2.20. The summed E-state index contributed by atoms with van der Waals surface area (Å²) in [5.74, 6) is -0.634. The summed E-state index contributed by atoms with van der Waals surface area (Å²) in [6.45, 7) is 7.59. The highest BCUT2D eigenvalue weighted by atomic mass is 35.5. The Kier molecular flexibility index (Phi) is 6.06. The Morgan fingerprint density at radius 2 is 1.96 bits per heavy atom. The van der Waals surface area contributed by atoms with Gasteiger partial charge in [0.2, 0.25) is 0 Å². The molecule has 0 unspecified atom stereocenters. The Bertz CT molecular complexity index is 777. The number of fused-ring (bicyclic) bond motifs is 1. The SMILES string of the molecule is CCOC(=O)CCc1cc2ncc(Cl)cc2n1CC(=O)OC(C)(C)C. The zero-order valence-corrected chi connectivity index (χ0v) is 15.7. The standard InChI is InChI=1S/C18H23ClN2O4/c1-5-24-16(22)7-6-13-9-14-15(8-12(19)10-20-14)21(13)11-17(23)25-18(2,3)4/h8-10H,5-7,11H2,1-4H3. The molecule has 0 amide bonds. The Labute approximate surface area is 152 Å². The Morgan fingerprint density at radius 1 is 1.24 bits per heavy atom. The molecule has 2 heterocycles. The average molecular weight is 367 g/mol. The minimum atomic E-state index is -0.568. The van der Waals surface area contributed by atoms with Crippen LogP contribution in [0.15, 0.2) is 18.3 Å². The van der Waals surface area contributed by atoms with Gasteiger partial charge in [-0.15, -0.1) is 0 Å². The molecule has 2 aromatic rings. The first-order valence-electron chi connectivity index (χ1n) is 8.20. The Hall–Kier alpha value is -2.08. The molecule has 0 spiro atoms. The van der Waals surface area contributed by atoms with Crippen molar-refractivity contribution < 1.29 is 19.1 Å². The van der Waals surface area contributed by atoms with Crippen LogP contribution in [0.4, 0.5) is 0 Å². The van der Waals surface area contributed by atoms with E-state index in [0.717, 1.165) is 11.2 Å². The number of esters is 2. The predicted molar refractivity (Wildman–Crippen MR) is 95.5 cm³/mol. The molecule has 0 bridgehead atoms. The number of hydrogen-bond donors (Lipinski definition) is 0. The Morgan fingerprint density at radius 3 is 2.60 bits per heavy atom. The number of hydrogen-bond acceptors (Lipinski definition) is 5. The number of rotatable bonds is 6. The van der Waals surface area contributed by atoms with Crippen LogP contribution in [-0.4, -0.2) is 33.7 Å². The molecule has 0 aliphatic heterocycles. The number of aryl methyl sites for hydroxylation is 1. The van der Waals surface area contributed by atoms with E-state index in [1.54, 1.807) is 23.8 Å². The largest absolute Gasteiger partial charge is 0.466 e. The second-order valence-electron chi connectivity index (χ2n) is 6.67. The molecule has 7 heteroatoms. The van der Waals surface area contributed by atoms with Crippen LogP contribution < -0.4 is 0 Å². The third kappa shape index (κ3) is 5.46. The number of ether oxygens (including phenoxy) is 2. The van der Waals surface area contributed by atoms with Gasteiger partial charge in [-0.25, -0.2) is 0 Å². The second kappa shape index (κ2) is 7.87. The number of halogens is 1. The van der Waals surface area contributed by atoms with Gasteiger partial charge in [-0.1, -0.05) is 11.6 Å². The molecule has 0 atom stereocenters. The third-order valence-electron chi connectivity index (χ3n) is 3.40. The Balaban J connectivity index is 2.30. The van der Waals surface area contributed by atoms with Crippen molar-refractivity contribution in [3.8, 4) is 0 Å². The quantitative estimate of drug-likeness (QED) is 0.731. The lowest BCUT2D eigenvalue weighted by Crippen LogP contribution is -2.27. The van der Waals surface area contributed by atoms with Gasteiger partial charge >= 0.3 is 11.9 Å². The van der Waals surface area contributed by atoms with E-state index in [4.69, 9.17) is 21.1 Å². The monoisotopic (exact) mass is 366 g/mol. The predicted octanol–water partition coefficient (Wildman–Crippen LogP) is 3.53. The summed E-state index contributed by atoms with van der Waals surface area (Å²) in [4.78, 5) is 28.2. The van der Waals surface area contributed by atoms with Gasteiger partial charge in [0.25, 0.3) is 0 Å². The van der Waals surface area contributed by atoms with Crippen LogP contribution in [-0.2, 0) is 32.0 Å². The molecule has 2 rings (SSSR count). The lowest BCUT2D eigenvalue weighted by molar-refractivity contribution is -0.155. The highest BCUT2D eigenvalue weighted by molar-refractivity contribution is 6.31. The van der Waals surface area contributed by atoms with Crippen LogP contribution in [0.1, 0.15) is 39.8 Å². The molecule has 0 aliphatic carbocycles. The first-order valence-corrected chi connectivity index (χ1v) is 8.58. The van der Waals surface area contributed by atoms with Gasteiger partial charge < -0.3 is 14.0 Å². The molecule has 0 aliphatic rings. The maximum atomic E-state index is 12.3. The van der Waals surface area contributed by atoms with Crippen molar-refractivity contribution in [3.63, 3.8) is 0 Å². The molecule has 0 fully saturated rings. The second-order valence-corrected chi connectivity index (χ2v) is 7.11. The summed E-state index contributed by atoms with van der Waals surface area (Å²) >= 11 is 6.05. The fourth-order valence-corrected chi connectivity index (χ4v) is 2.67. The summed E-state index contributed by atoms with van der Waals surface area (Å²) in [5.41, 5.74) is 1.69. The zero-order valence-electron chi connectivity index (χ0n) is 15.0. The molecule has 0 N–H and O–H groups in total. The van der Waals surface area contributed by atoms with Crippen LogP contribution >= 0.6 is 11.6 Å². The van der Waals surface area contributed by atoms with Gasteiger partial charge in [-0.05, 0) is 46.2 Å². The highest BCUT2D eigenvalue weighted by Crippen LogP contribution is 2.23. The molecule has 0 aromatic carbocycles. The first kappa shape index (κ1) is 19.2. The van der Waals surface area contributed by atoms with Gasteiger partial charge in [-0.3, -0.25) is 14.6 Å². The van der Waals surface area contributed by atoms with Crippen molar-refractivity contribution in [1.29, 1.82) is 0 Å². The van der Waals surface area contributed by atoms with Crippen LogP contribution in [0.3, 0.4) is 0 Å². The summed E-state index contributed by atoms with van der Waals surface area (Å²) in [5, 5.41) is 0.480. The van der Waals surface area contributed by atoms with Gasteiger partial charge in [0.15, 0.2) is 0 Å². The van der Waals surface area contributed by atoms with E-state index in [-0.39, 0.29) is 24.9 Å². The third-order valence-corrected chi connectivity index (χ3v) is 3.61. The lowest BCUT2D eigenvalue weighted by atomic mass is 10.2. The average Bonchev–Trinajstić information content (AvgIpc) is 2.81. The summed E-state index contributed by atoms with van der Waals surface area (Å²) in [6.07, 6.45) is 2.22. The zero-order chi connectivity index (χ0) is 18.6. The molecule has 136 valence electrons. The molecule has 0 radical (unpaired) electrons. The van der Waals surface area contributed by atoms with Gasteiger partial charge in [-0.2, -0.15) is 0 Å². The molecule has 2 aromatic heterocycles. The van der Waals surface area contributed by atoms with Crippen molar-refractivity contribution >= 4 is 34.6 Å². The van der Waals surface area contributed by atoms with Crippen molar-refractivity contribution in [1.82, 2.24) is 9.55 Å². The van der Waals surface area contributed by atoms with E-state index in [1.807, 2.05) is 26.8 Å². The van der Waals surface area contributed by atoms with Crippen LogP contribution in [0.5, 0.6) is 0 Å². The van der Waals surface area contributed by atoms with Crippen LogP contribution in [0.25, 0.3) is 11.0 Å². The molecular formula is C18H23ClN2O4. The maximum absolute atomic E-state index is 12.3.